The van der Waals surface area contributed by atoms with E-state index in [1.165, 1.54) is 11.0 Å². The zero-order valence-corrected chi connectivity index (χ0v) is 19.0. The summed E-state index contributed by atoms with van der Waals surface area (Å²) in [6.45, 7) is 1.16. The molecule has 0 bridgehead atoms. The maximum atomic E-state index is 14.2. The second-order valence-electron chi connectivity index (χ2n) is 9.34. The smallest absolute Gasteiger partial charge is 0.274 e. The van der Waals surface area contributed by atoms with Crippen molar-refractivity contribution < 1.29 is 23.2 Å². The van der Waals surface area contributed by atoms with Crippen molar-refractivity contribution >= 4 is 17.7 Å². The van der Waals surface area contributed by atoms with E-state index in [1.54, 1.807) is 16.6 Å². The summed E-state index contributed by atoms with van der Waals surface area (Å²) in [6, 6.07) is 3.59. The Morgan fingerprint density at radius 3 is 2.47 bits per heavy atom. The van der Waals surface area contributed by atoms with E-state index >= 15 is 0 Å². The average molecular weight is 472 g/mol. The summed E-state index contributed by atoms with van der Waals surface area (Å²) in [4.78, 5) is 41.9. The van der Waals surface area contributed by atoms with E-state index in [1.807, 2.05) is 0 Å². The first-order chi connectivity index (χ1) is 16.3. The molecule has 3 amide bonds. The molecule has 2 aromatic rings. The minimum absolute atomic E-state index is 0.00765. The van der Waals surface area contributed by atoms with Gasteiger partial charge in [-0.3, -0.25) is 19.1 Å². The number of carbonyl (C=O) groups is 3. The number of fused-ring (bicyclic) bond motifs is 1. The molecule has 1 aliphatic carbocycles. The topological polar surface area (TPSA) is 87.5 Å². The Kier molecular flexibility index (Phi) is 5.83. The van der Waals surface area contributed by atoms with Gasteiger partial charge in [0.15, 0.2) is 5.69 Å². The fourth-order valence-corrected chi connectivity index (χ4v) is 4.87. The summed E-state index contributed by atoms with van der Waals surface area (Å²) in [5.74, 6) is -3.12. The van der Waals surface area contributed by atoms with Gasteiger partial charge in [0, 0.05) is 50.4 Å². The van der Waals surface area contributed by atoms with Gasteiger partial charge < -0.3 is 15.1 Å². The van der Waals surface area contributed by atoms with Gasteiger partial charge >= 0.3 is 0 Å². The Balaban J connectivity index is 1.35. The number of hydrogen-bond acceptors (Lipinski definition) is 4. The molecule has 1 saturated carbocycles. The molecule has 1 aromatic carbocycles. The van der Waals surface area contributed by atoms with Crippen LogP contribution in [0.25, 0.3) is 0 Å². The molecule has 1 unspecified atom stereocenters. The van der Waals surface area contributed by atoms with E-state index in [0.29, 0.717) is 25.1 Å². The van der Waals surface area contributed by atoms with E-state index in [2.05, 4.69) is 10.4 Å². The SMILES string of the molecule is Cn1nc(C(=O)N2CCCC(C(=O)NC3CC3)C2)c2c1CCN(C(=O)c1c(F)cccc1F)C2. The number of nitrogens with one attached hydrogen (secondary N) is 1. The Morgan fingerprint density at radius 1 is 1.03 bits per heavy atom. The molecule has 2 aliphatic heterocycles. The molecule has 3 heterocycles. The molecular weight excluding hydrogens is 444 g/mol. The van der Waals surface area contributed by atoms with Crippen molar-refractivity contribution in [2.45, 2.75) is 44.7 Å². The second-order valence-corrected chi connectivity index (χ2v) is 9.34. The van der Waals surface area contributed by atoms with Crippen LogP contribution in [0.15, 0.2) is 18.2 Å². The number of aromatic nitrogens is 2. The zero-order valence-electron chi connectivity index (χ0n) is 19.0. The van der Waals surface area contributed by atoms with Crippen molar-refractivity contribution in [1.29, 1.82) is 0 Å². The van der Waals surface area contributed by atoms with Gasteiger partial charge in [0.1, 0.15) is 17.2 Å². The summed E-state index contributed by atoms with van der Waals surface area (Å²) >= 11 is 0. The highest BCUT2D eigenvalue weighted by Crippen LogP contribution is 2.28. The predicted octanol–water partition coefficient (Wildman–Crippen LogP) is 2.03. The van der Waals surface area contributed by atoms with Gasteiger partial charge in [-0.2, -0.15) is 5.10 Å². The van der Waals surface area contributed by atoms with Crippen molar-refractivity contribution in [3.63, 3.8) is 0 Å². The Morgan fingerprint density at radius 2 is 1.76 bits per heavy atom. The molecule has 1 N–H and O–H groups in total. The second kappa shape index (κ2) is 8.81. The van der Waals surface area contributed by atoms with Crippen molar-refractivity contribution in [3.05, 3.63) is 52.3 Å². The Labute approximate surface area is 195 Å². The maximum absolute atomic E-state index is 14.2. The van der Waals surface area contributed by atoms with E-state index in [9.17, 15) is 23.2 Å². The third-order valence-electron chi connectivity index (χ3n) is 6.91. The number of rotatable bonds is 4. The number of benzene rings is 1. The van der Waals surface area contributed by atoms with Crippen LogP contribution in [0.1, 0.15) is 57.8 Å². The summed E-state index contributed by atoms with van der Waals surface area (Å²) in [7, 11) is 1.74. The molecule has 3 aliphatic rings. The minimum Gasteiger partial charge on any atom is -0.353 e. The van der Waals surface area contributed by atoms with Crippen LogP contribution in [0, 0.1) is 17.6 Å². The van der Waals surface area contributed by atoms with Gasteiger partial charge in [-0.05, 0) is 37.8 Å². The number of halogens is 2. The summed E-state index contributed by atoms with van der Waals surface area (Å²) in [5, 5.41) is 7.45. The van der Waals surface area contributed by atoms with Crippen LogP contribution in [-0.4, -0.2) is 63.0 Å². The molecule has 1 atom stereocenters. The molecule has 2 fully saturated rings. The highest BCUT2D eigenvalue weighted by molar-refractivity contribution is 5.97. The molecule has 34 heavy (non-hydrogen) atoms. The number of carbonyl (C=O) groups excluding carboxylic acids is 3. The Bertz CT molecular complexity index is 1140. The quantitative estimate of drug-likeness (QED) is 0.739. The van der Waals surface area contributed by atoms with Crippen molar-refractivity contribution in [2.75, 3.05) is 19.6 Å². The molecule has 1 aromatic heterocycles. The fourth-order valence-electron chi connectivity index (χ4n) is 4.87. The monoisotopic (exact) mass is 471 g/mol. The third kappa shape index (κ3) is 4.17. The van der Waals surface area contributed by atoms with Crippen LogP contribution in [0.2, 0.25) is 0 Å². The number of aryl methyl sites for hydroxylation is 1. The van der Waals surface area contributed by atoms with Gasteiger partial charge in [0.05, 0.1) is 12.5 Å². The van der Waals surface area contributed by atoms with Gasteiger partial charge in [-0.25, -0.2) is 8.78 Å². The number of nitrogens with zero attached hydrogens (tertiary/aromatic N) is 4. The van der Waals surface area contributed by atoms with Gasteiger partial charge in [0.2, 0.25) is 5.91 Å². The first kappa shape index (κ1) is 22.5. The summed E-state index contributed by atoms with van der Waals surface area (Å²) in [6.07, 6.45) is 3.89. The molecule has 1 saturated heterocycles. The van der Waals surface area contributed by atoms with Crippen LogP contribution in [0.3, 0.4) is 0 Å². The maximum Gasteiger partial charge on any atom is 0.274 e. The molecule has 0 radical (unpaired) electrons. The largest absolute Gasteiger partial charge is 0.353 e. The van der Waals surface area contributed by atoms with Crippen molar-refractivity contribution in [2.24, 2.45) is 13.0 Å². The van der Waals surface area contributed by atoms with E-state index in [0.717, 1.165) is 43.5 Å². The molecule has 0 spiro atoms. The number of hydrogen-bond donors (Lipinski definition) is 1. The lowest BCUT2D eigenvalue weighted by atomic mass is 9.96. The van der Waals surface area contributed by atoms with Crippen molar-refractivity contribution in [3.8, 4) is 0 Å². The number of likely N-dealkylation sites (tertiary alicyclic amines) is 1. The van der Waals surface area contributed by atoms with Crippen LogP contribution in [0.5, 0.6) is 0 Å². The number of piperidine rings is 1. The normalized spacial score (nSPS) is 20.1. The lowest BCUT2D eigenvalue weighted by Crippen LogP contribution is -2.46. The van der Waals surface area contributed by atoms with Crippen LogP contribution >= 0.6 is 0 Å². The van der Waals surface area contributed by atoms with Crippen LogP contribution in [-0.2, 0) is 24.8 Å². The molecule has 5 rings (SSSR count). The Hall–Kier alpha value is -3.30. The van der Waals surface area contributed by atoms with Gasteiger partial charge in [0.25, 0.3) is 11.8 Å². The summed E-state index contributed by atoms with van der Waals surface area (Å²) < 4.78 is 30.0. The first-order valence-corrected chi connectivity index (χ1v) is 11.7. The van der Waals surface area contributed by atoms with Gasteiger partial charge in [-0.1, -0.05) is 6.07 Å². The molecule has 8 nitrogen and oxygen atoms in total. The molecule has 10 heteroatoms. The third-order valence-corrected chi connectivity index (χ3v) is 6.91. The van der Waals surface area contributed by atoms with Crippen LogP contribution in [0.4, 0.5) is 8.78 Å². The van der Waals surface area contributed by atoms with E-state index < -0.39 is 23.1 Å². The summed E-state index contributed by atoms with van der Waals surface area (Å²) in [5.41, 5.74) is 1.05. The minimum atomic E-state index is -0.915. The predicted molar refractivity (Wildman–Crippen MR) is 118 cm³/mol. The van der Waals surface area contributed by atoms with Crippen LogP contribution < -0.4 is 5.32 Å². The fraction of sp³-hybridized carbons (Fsp3) is 0.500. The van der Waals surface area contributed by atoms with Crippen molar-refractivity contribution in [1.82, 2.24) is 24.9 Å². The van der Waals surface area contributed by atoms with Gasteiger partial charge in [-0.15, -0.1) is 0 Å². The first-order valence-electron chi connectivity index (χ1n) is 11.7. The van der Waals surface area contributed by atoms with E-state index in [-0.39, 0.29) is 42.6 Å². The zero-order chi connectivity index (χ0) is 24.0. The highest BCUT2D eigenvalue weighted by Gasteiger charge is 2.36. The highest BCUT2D eigenvalue weighted by atomic mass is 19.1. The standard InChI is InChI=1S/C24H27F2N5O3/c1-29-19-9-11-31(23(33)20-17(25)5-2-6-18(20)26)13-16(19)21(28-29)24(34)30-10-3-4-14(12-30)22(32)27-15-7-8-15/h2,5-6,14-15H,3-4,7-13H2,1H3,(H,27,32). The molecule has 180 valence electrons. The lowest BCUT2D eigenvalue weighted by Gasteiger charge is -2.32. The number of amides is 3. The molecular formula is C24H27F2N5O3. The average Bonchev–Trinajstić information content (AvgIpc) is 3.59. The lowest BCUT2D eigenvalue weighted by molar-refractivity contribution is -0.126. The van der Waals surface area contributed by atoms with E-state index in [4.69, 9.17) is 0 Å².